The Labute approximate surface area is 128 Å². The standard InChI is InChI=1S/C17H14ClNO2/c1-11-2-4-12(5-3-11)16(20)10-19-15-9-14(18)7-6-13(15)8-17(19)21/h2-7,9H,8,10H2,1H3. The van der Waals surface area contributed by atoms with Gasteiger partial charge >= 0.3 is 0 Å². The van der Waals surface area contributed by atoms with Crippen LogP contribution in [0.15, 0.2) is 42.5 Å². The molecule has 0 aliphatic carbocycles. The topological polar surface area (TPSA) is 37.4 Å². The van der Waals surface area contributed by atoms with E-state index in [4.69, 9.17) is 11.6 Å². The van der Waals surface area contributed by atoms with Gasteiger partial charge in [0.1, 0.15) is 0 Å². The zero-order valence-corrected chi connectivity index (χ0v) is 12.4. The van der Waals surface area contributed by atoms with Gasteiger partial charge in [0.15, 0.2) is 5.78 Å². The van der Waals surface area contributed by atoms with Crippen molar-refractivity contribution in [1.29, 1.82) is 0 Å². The highest BCUT2D eigenvalue weighted by molar-refractivity contribution is 6.31. The summed E-state index contributed by atoms with van der Waals surface area (Å²) in [4.78, 5) is 25.9. The molecule has 106 valence electrons. The monoisotopic (exact) mass is 299 g/mol. The summed E-state index contributed by atoms with van der Waals surface area (Å²) in [5.41, 5.74) is 3.37. The number of carbonyl (C=O) groups excluding carboxylic acids is 2. The fraction of sp³-hybridized carbons (Fsp3) is 0.176. The first-order valence-corrected chi connectivity index (χ1v) is 7.11. The maximum absolute atomic E-state index is 12.3. The van der Waals surface area contributed by atoms with Crippen molar-refractivity contribution in [2.24, 2.45) is 0 Å². The van der Waals surface area contributed by atoms with E-state index < -0.39 is 0 Å². The summed E-state index contributed by atoms with van der Waals surface area (Å²) < 4.78 is 0. The molecule has 1 amide bonds. The van der Waals surface area contributed by atoms with Gasteiger partial charge in [-0.05, 0) is 24.6 Å². The van der Waals surface area contributed by atoms with E-state index in [1.165, 1.54) is 4.90 Å². The molecule has 1 aliphatic rings. The zero-order valence-electron chi connectivity index (χ0n) is 11.6. The maximum Gasteiger partial charge on any atom is 0.231 e. The second-order valence-corrected chi connectivity index (χ2v) is 5.66. The lowest BCUT2D eigenvalue weighted by Gasteiger charge is -2.16. The summed E-state index contributed by atoms with van der Waals surface area (Å²) >= 11 is 5.98. The fourth-order valence-corrected chi connectivity index (χ4v) is 2.64. The molecule has 4 heteroatoms. The van der Waals surface area contributed by atoms with E-state index in [9.17, 15) is 9.59 Å². The zero-order chi connectivity index (χ0) is 15.0. The Balaban J connectivity index is 1.85. The minimum atomic E-state index is -0.0730. The largest absolute Gasteiger partial charge is 0.304 e. The number of halogens is 1. The van der Waals surface area contributed by atoms with Gasteiger partial charge in [0.05, 0.1) is 13.0 Å². The average Bonchev–Trinajstić information content (AvgIpc) is 2.76. The quantitative estimate of drug-likeness (QED) is 0.814. The molecule has 21 heavy (non-hydrogen) atoms. The molecule has 2 aromatic carbocycles. The lowest BCUT2D eigenvalue weighted by molar-refractivity contribution is -0.117. The molecular weight excluding hydrogens is 286 g/mol. The number of carbonyl (C=O) groups is 2. The molecule has 0 fully saturated rings. The van der Waals surface area contributed by atoms with E-state index >= 15 is 0 Å². The second kappa shape index (κ2) is 5.34. The van der Waals surface area contributed by atoms with Crippen molar-refractivity contribution in [3.8, 4) is 0 Å². The van der Waals surface area contributed by atoms with Crippen molar-refractivity contribution in [2.75, 3.05) is 11.4 Å². The summed E-state index contributed by atoms with van der Waals surface area (Å²) in [5, 5.41) is 0.566. The van der Waals surface area contributed by atoms with Crippen LogP contribution in [-0.4, -0.2) is 18.2 Å². The van der Waals surface area contributed by atoms with E-state index in [2.05, 4.69) is 0 Å². The molecule has 0 atom stereocenters. The van der Waals surface area contributed by atoms with Gasteiger partial charge in [-0.2, -0.15) is 0 Å². The van der Waals surface area contributed by atoms with E-state index in [0.29, 0.717) is 17.0 Å². The maximum atomic E-state index is 12.3. The molecule has 3 rings (SSSR count). The number of hydrogen-bond acceptors (Lipinski definition) is 2. The number of nitrogens with zero attached hydrogens (tertiary/aromatic N) is 1. The number of fused-ring (bicyclic) bond motifs is 1. The molecule has 0 saturated carbocycles. The van der Waals surface area contributed by atoms with Gasteiger partial charge in [-0.25, -0.2) is 0 Å². The Morgan fingerprint density at radius 3 is 2.62 bits per heavy atom. The number of hydrogen-bond donors (Lipinski definition) is 0. The molecule has 0 N–H and O–H groups in total. The molecule has 0 spiro atoms. The van der Waals surface area contributed by atoms with E-state index in [1.54, 1.807) is 24.3 Å². The van der Waals surface area contributed by atoms with Gasteiger partial charge in [0.25, 0.3) is 0 Å². The molecule has 0 aromatic heterocycles. The number of aryl methyl sites for hydroxylation is 1. The molecule has 0 saturated heterocycles. The van der Waals surface area contributed by atoms with Crippen LogP contribution in [0.5, 0.6) is 0 Å². The molecule has 1 heterocycles. The Bertz CT molecular complexity index is 722. The molecule has 3 nitrogen and oxygen atoms in total. The smallest absolute Gasteiger partial charge is 0.231 e. The third-order valence-electron chi connectivity index (χ3n) is 3.66. The minimum Gasteiger partial charge on any atom is -0.304 e. The molecule has 0 bridgehead atoms. The molecule has 0 radical (unpaired) electrons. The summed E-state index contributed by atoms with van der Waals surface area (Å²) in [6, 6.07) is 12.7. The summed E-state index contributed by atoms with van der Waals surface area (Å²) in [6.45, 7) is 2.02. The first-order valence-electron chi connectivity index (χ1n) is 6.73. The second-order valence-electron chi connectivity index (χ2n) is 5.22. The lowest BCUT2D eigenvalue weighted by Crippen LogP contribution is -2.32. The van der Waals surface area contributed by atoms with Crippen molar-refractivity contribution in [2.45, 2.75) is 13.3 Å². The summed E-state index contributed by atoms with van der Waals surface area (Å²) in [7, 11) is 0. The highest BCUT2D eigenvalue weighted by atomic mass is 35.5. The molecule has 2 aromatic rings. The predicted octanol–water partition coefficient (Wildman–Crippen LogP) is 3.42. The van der Waals surface area contributed by atoms with Crippen LogP contribution in [0.1, 0.15) is 21.5 Å². The van der Waals surface area contributed by atoms with Crippen LogP contribution in [0.25, 0.3) is 0 Å². The van der Waals surface area contributed by atoms with E-state index in [1.807, 2.05) is 25.1 Å². The Kier molecular flexibility index (Phi) is 3.52. The van der Waals surface area contributed by atoms with Crippen molar-refractivity contribution in [1.82, 2.24) is 0 Å². The third kappa shape index (κ3) is 2.69. The van der Waals surface area contributed by atoms with Crippen molar-refractivity contribution in [3.05, 3.63) is 64.2 Å². The van der Waals surface area contributed by atoms with Gasteiger partial charge in [-0.3, -0.25) is 9.59 Å². The fourth-order valence-electron chi connectivity index (χ4n) is 2.48. The van der Waals surface area contributed by atoms with E-state index in [-0.39, 0.29) is 18.2 Å². The SMILES string of the molecule is Cc1ccc(C(=O)CN2C(=O)Cc3ccc(Cl)cc32)cc1. The highest BCUT2D eigenvalue weighted by Crippen LogP contribution is 2.31. The minimum absolute atomic E-state index is 0.0508. The first-order chi connectivity index (χ1) is 10.0. The summed E-state index contributed by atoms with van der Waals surface area (Å²) in [5.74, 6) is -0.135. The van der Waals surface area contributed by atoms with Gasteiger partial charge in [0.2, 0.25) is 5.91 Å². The van der Waals surface area contributed by atoms with E-state index in [0.717, 1.165) is 16.8 Å². The van der Waals surface area contributed by atoms with Crippen molar-refractivity contribution in [3.63, 3.8) is 0 Å². The van der Waals surface area contributed by atoms with Crippen LogP contribution in [0.4, 0.5) is 5.69 Å². The number of ketones is 1. The van der Waals surface area contributed by atoms with Crippen LogP contribution in [0.3, 0.4) is 0 Å². The Morgan fingerprint density at radius 2 is 1.90 bits per heavy atom. The predicted molar refractivity (Wildman–Crippen MR) is 83.0 cm³/mol. The number of benzene rings is 2. The Morgan fingerprint density at radius 1 is 1.19 bits per heavy atom. The third-order valence-corrected chi connectivity index (χ3v) is 3.89. The average molecular weight is 300 g/mol. The Hall–Kier alpha value is -2.13. The van der Waals surface area contributed by atoms with Crippen molar-refractivity contribution < 1.29 is 9.59 Å². The number of anilines is 1. The van der Waals surface area contributed by atoms with Gasteiger partial charge in [-0.15, -0.1) is 0 Å². The van der Waals surface area contributed by atoms with Gasteiger partial charge in [-0.1, -0.05) is 47.5 Å². The van der Waals surface area contributed by atoms with Crippen LogP contribution in [-0.2, 0) is 11.2 Å². The first kappa shape index (κ1) is 13.8. The lowest BCUT2D eigenvalue weighted by atomic mass is 10.1. The molecule has 1 aliphatic heterocycles. The van der Waals surface area contributed by atoms with Crippen LogP contribution < -0.4 is 4.90 Å². The van der Waals surface area contributed by atoms with Crippen LogP contribution in [0.2, 0.25) is 5.02 Å². The number of amides is 1. The number of Topliss-reactive ketones (excluding diaryl/α,β-unsaturated/α-hetero) is 1. The normalized spacial score (nSPS) is 13.4. The molecule has 0 unspecified atom stereocenters. The van der Waals surface area contributed by atoms with Crippen LogP contribution >= 0.6 is 11.6 Å². The van der Waals surface area contributed by atoms with Gasteiger partial charge in [0, 0.05) is 16.3 Å². The molecular formula is C17H14ClNO2. The van der Waals surface area contributed by atoms with Crippen LogP contribution in [0, 0.1) is 6.92 Å². The summed E-state index contributed by atoms with van der Waals surface area (Å²) in [6.07, 6.45) is 0.327. The highest BCUT2D eigenvalue weighted by Gasteiger charge is 2.29. The van der Waals surface area contributed by atoms with Gasteiger partial charge < -0.3 is 4.90 Å². The van der Waals surface area contributed by atoms with Crippen molar-refractivity contribution >= 4 is 29.0 Å². The number of rotatable bonds is 3.